The molecule has 1 aromatic rings. The molecule has 0 bridgehead atoms. The molecule has 1 saturated heterocycles. The number of carbonyl (C=O) groups excluding carboxylic acids is 3. The summed E-state index contributed by atoms with van der Waals surface area (Å²) in [5.74, 6) is -2.84. The van der Waals surface area contributed by atoms with Crippen molar-refractivity contribution in [1.82, 2.24) is 4.90 Å². The van der Waals surface area contributed by atoms with E-state index < -0.39 is 29.8 Å². The summed E-state index contributed by atoms with van der Waals surface area (Å²) in [5.41, 5.74) is 2.63. The van der Waals surface area contributed by atoms with Gasteiger partial charge in [-0.15, -0.1) is 0 Å². The standard InChI is InChI=1S/C25H34N2O5/c1-5-7-17-10-11-18-21(20(17)25(31)32-6-2)24(30)27(12-13-28)22(18)23(29)26-19-14-15(3)8-9-16(19)4/h8-11,14,17-18,20-22,28H,5-7,12-13H2,1-4H3,(H,26,29)/t17-,18+,20-,21+,22+/m1/s1. The second-order valence-electron chi connectivity index (χ2n) is 8.73. The fourth-order valence-corrected chi connectivity index (χ4v) is 5.09. The maximum Gasteiger partial charge on any atom is 0.310 e. The zero-order valence-corrected chi connectivity index (χ0v) is 19.3. The number of aliphatic hydroxyl groups is 1. The van der Waals surface area contributed by atoms with E-state index in [1.807, 2.05) is 51.1 Å². The number of amides is 2. The molecule has 0 spiro atoms. The molecule has 0 aromatic heterocycles. The molecule has 7 heteroatoms. The average molecular weight is 443 g/mol. The Balaban J connectivity index is 1.98. The summed E-state index contributed by atoms with van der Waals surface area (Å²) in [5, 5.41) is 12.6. The average Bonchev–Trinajstić information content (AvgIpc) is 3.03. The number of nitrogens with one attached hydrogen (secondary N) is 1. The normalized spacial score (nSPS) is 26.7. The summed E-state index contributed by atoms with van der Waals surface area (Å²) in [4.78, 5) is 41.3. The van der Waals surface area contributed by atoms with Gasteiger partial charge < -0.3 is 20.1 Å². The SMILES string of the molecule is CCC[C@@H]1C=C[C@H]2[C@H](C(=O)N(CCO)[C@@H]2C(=O)Nc2cc(C)ccc2C)[C@@H]1C(=O)OCC. The number of esters is 1. The van der Waals surface area contributed by atoms with E-state index in [0.717, 1.165) is 24.0 Å². The van der Waals surface area contributed by atoms with Crippen LogP contribution in [0.1, 0.15) is 37.8 Å². The van der Waals surface area contributed by atoms with Crippen molar-refractivity contribution in [3.8, 4) is 0 Å². The number of benzene rings is 1. The van der Waals surface area contributed by atoms with Crippen LogP contribution in [0.3, 0.4) is 0 Å². The van der Waals surface area contributed by atoms with Gasteiger partial charge in [-0.05, 0) is 50.3 Å². The van der Waals surface area contributed by atoms with Crippen LogP contribution >= 0.6 is 0 Å². The Morgan fingerprint density at radius 2 is 1.94 bits per heavy atom. The lowest BCUT2D eigenvalue weighted by molar-refractivity contribution is -0.155. The van der Waals surface area contributed by atoms with E-state index in [-0.39, 0.29) is 37.5 Å². The molecule has 1 aromatic carbocycles. The van der Waals surface area contributed by atoms with Crippen molar-refractivity contribution in [2.45, 2.75) is 46.6 Å². The molecule has 1 aliphatic heterocycles. The molecule has 1 fully saturated rings. The van der Waals surface area contributed by atoms with Crippen LogP contribution in [0, 0.1) is 37.5 Å². The molecule has 2 amide bonds. The molecule has 1 heterocycles. The minimum absolute atomic E-state index is 0.0402. The molecule has 174 valence electrons. The van der Waals surface area contributed by atoms with Gasteiger partial charge >= 0.3 is 5.97 Å². The van der Waals surface area contributed by atoms with Crippen LogP contribution < -0.4 is 5.32 Å². The number of ether oxygens (including phenoxy) is 1. The number of fused-ring (bicyclic) bond motifs is 1. The number of nitrogens with zero attached hydrogens (tertiary/aromatic N) is 1. The minimum atomic E-state index is -0.796. The summed E-state index contributed by atoms with van der Waals surface area (Å²) in [6.45, 7) is 7.66. The summed E-state index contributed by atoms with van der Waals surface area (Å²) in [6.07, 6.45) is 5.52. The van der Waals surface area contributed by atoms with Crippen LogP contribution in [0.25, 0.3) is 0 Å². The number of aryl methyl sites for hydroxylation is 2. The van der Waals surface area contributed by atoms with Crippen molar-refractivity contribution in [1.29, 1.82) is 0 Å². The van der Waals surface area contributed by atoms with Crippen LogP contribution in [0.15, 0.2) is 30.4 Å². The quantitative estimate of drug-likeness (QED) is 0.477. The Hall–Kier alpha value is -2.67. The topological polar surface area (TPSA) is 95.9 Å². The Morgan fingerprint density at radius 3 is 2.59 bits per heavy atom. The van der Waals surface area contributed by atoms with E-state index in [0.29, 0.717) is 5.69 Å². The number of rotatable bonds is 8. The van der Waals surface area contributed by atoms with Crippen molar-refractivity contribution in [3.63, 3.8) is 0 Å². The number of hydrogen-bond donors (Lipinski definition) is 2. The summed E-state index contributed by atoms with van der Waals surface area (Å²) < 4.78 is 5.34. The van der Waals surface area contributed by atoms with Crippen molar-refractivity contribution in [2.24, 2.45) is 23.7 Å². The Bertz CT molecular complexity index is 896. The lowest BCUT2D eigenvalue weighted by Crippen LogP contribution is -2.45. The van der Waals surface area contributed by atoms with Crippen molar-refractivity contribution in [3.05, 3.63) is 41.5 Å². The molecule has 5 atom stereocenters. The predicted molar refractivity (Wildman–Crippen MR) is 122 cm³/mol. The Kier molecular flexibility index (Phi) is 7.72. The van der Waals surface area contributed by atoms with Gasteiger partial charge in [0.2, 0.25) is 11.8 Å². The minimum Gasteiger partial charge on any atom is -0.466 e. The second kappa shape index (κ2) is 10.3. The third kappa shape index (κ3) is 4.58. The Morgan fingerprint density at radius 1 is 1.19 bits per heavy atom. The molecular formula is C25H34N2O5. The van der Waals surface area contributed by atoms with Crippen LogP contribution in [-0.2, 0) is 19.1 Å². The van der Waals surface area contributed by atoms with Crippen molar-refractivity contribution in [2.75, 3.05) is 25.1 Å². The first-order valence-electron chi connectivity index (χ1n) is 11.5. The smallest absolute Gasteiger partial charge is 0.310 e. The highest BCUT2D eigenvalue weighted by molar-refractivity contribution is 6.02. The fraction of sp³-hybridized carbons (Fsp3) is 0.560. The van der Waals surface area contributed by atoms with Crippen molar-refractivity contribution < 1.29 is 24.2 Å². The maximum atomic E-state index is 13.5. The first-order chi connectivity index (χ1) is 15.3. The fourth-order valence-electron chi connectivity index (χ4n) is 5.09. The second-order valence-corrected chi connectivity index (χ2v) is 8.73. The van der Waals surface area contributed by atoms with Gasteiger partial charge in [0.1, 0.15) is 6.04 Å². The zero-order valence-electron chi connectivity index (χ0n) is 19.3. The third-order valence-corrected chi connectivity index (χ3v) is 6.55. The number of likely N-dealkylation sites (tertiary alicyclic amines) is 1. The van der Waals surface area contributed by atoms with Gasteiger partial charge in [-0.3, -0.25) is 14.4 Å². The van der Waals surface area contributed by atoms with Crippen molar-refractivity contribution >= 4 is 23.5 Å². The number of carbonyl (C=O) groups is 3. The maximum absolute atomic E-state index is 13.5. The highest BCUT2D eigenvalue weighted by Crippen LogP contribution is 2.45. The predicted octanol–water partition coefficient (Wildman–Crippen LogP) is 2.84. The molecule has 0 radical (unpaired) electrons. The lowest BCUT2D eigenvalue weighted by Gasteiger charge is -2.33. The molecule has 2 N–H and O–H groups in total. The number of β-amino-alcohol motifs (C(OH)–C–C–N with tert-alkyl or cyclic N) is 1. The van der Waals surface area contributed by atoms with Gasteiger partial charge in [-0.1, -0.05) is 37.6 Å². The first-order valence-corrected chi connectivity index (χ1v) is 11.5. The van der Waals surface area contributed by atoms with Gasteiger partial charge in [-0.2, -0.15) is 0 Å². The number of hydrogen-bond acceptors (Lipinski definition) is 5. The summed E-state index contributed by atoms with van der Waals surface area (Å²) in [6, 6.07) is 5.01. The molecule has 7 nitrogen and oxygen atoms in total. The summed E-state index contributed by atoms with van der Waals surface area (Å²) in [7, 11) is 0. The van der Waals surface area contributed by atoms with Gasteiger partial charge in [0, 0.05) is 18.2 Å². The zero-order chi connectivity index (χ0) is 23.4. The lowest BCUT2D eigenvalue weighted by atomic mass is 9.69. The largest absolute Gasteiger partial charge is 0.466 e. The van der Waals surface area contributed by atoms with E-state index in [4.69, 9.17) is 4.74 Å². The molecular weight excluding hydrogens is 408 g/mol. The van der Waals surface area contributed by atoms with Crippen LogP contribution in [0.4, 0.5) is 5.69 Å². The van der Waals surface area contributed by atoms with Gasteiger partial charge in [0.15, 0.2) is 0 Å². The molecule has 3 rings (SSSR count). The Labute approximate surface area is 189 Å². The number of allylic oxidation sites excluding steroid dienone is 1. The van der Waals surface area contributed by atoms with E-state index >= 15 is 0 Å². The molecule has 1 aliphatic carbocycles. The highest BCUT2D eigenvalue weighted by atomic mass is 16.5. The highest BCUT2D eigenvalue weighted by Gasteiger charge is 2.57. The van der Waals surface area contributed by atoms with Crippen LogP contribution in [0.2, 0.25) is 0 Å². The number of anilines is 1. The van der Waals surface area contributed by atoms with Gasteiger partial charge in [0.25, 0.3) is 0 Å². The monoisotopic (exact) mass is 442 g/mol. The van der Waals surface area contributed by atoms with E-state index in [2.05, 4.69) is 5.32 Å². The van der Waals surface area contributed by atoms with E-state index in [1.54, 1.807) is 6.92 Å². The molecule has 2 aliphatic rings. The van der Waals surface area contributed by atoms with Gasteiger partial charge in [0.05, 0.1) is 25.0 Å². The van der Waals surface area contributed by atoms with Crippen LogP contribution in [-0.4, -0.2) is 53.6 Å². The van der Waals surface area contributed by atoms with Crippen LogP contribution in [0.5, 0.6) is 0 Å². The van der Waals surface area contributed by atoms with E-state index in [9.17, 15) is 19.5 Å². The number of aliphatic hydroxyl groups excluding tert-OH is 1. The molecule has 32 heavy (non-hydrogen) atoms. The third-order valence-electron chi connectivity index (χ3n) is 6.55. The molecule has 0 unspecified atom stereocenters. The van der Waals surface area contributed by atoms with E-state index in [1.165, 1.54) is 4.90 Å². The summed E-state index contributed by atoms with van der Waals surface area (Å²) >= 11 is 0. The van der Waals surface area contributed by atoms with Gasteiger partial charge in [-0.25, -0.2) is 0 Å². The first kappa shape index (κ1) is 24.0. The molecule has 0 saturated carbocycles.